The van der Waals surface area contributed by atoms with Gasteiger partial charge in [-0.1, -0.05) is 279 Å². The largest absolute Gasteiger partial charge is 0.472 e. The lowest BCUT2D eigenvalue weighted by molar-refractivity contribution is -0.161. The number of phosphoric acid groups is 2. The maximum atomic E-state index is 13.0. The van der Waals surface area contributed by atoms with Crippen LogP contribution in [0.3, 0.4) is 0 Å². The Hall–Kier alpha value is -1.94. The molecular formula is C65H126O17P2. The highest BCUT2D eigenvalue weighted by Crippen LogP contribution is 2.45. The molecule has 5 atom stereocenters. The summed E-state index contributed by atoms with van der Waals surface area (Å²) in [6.07, 6.45) is 43.4. The first-order valence-corrected chi connectivity index (χ1v) is 37.1. The van der Waals surface area contributed by atoms with Crippen LogP contribution in [0.1, 0.15) is 330 Å². The number of esters is 4. The van der Waals surface area contributed by atoms with Gasteiger partial charge in [-0.25, -0.2) is 9.13 Å². The lowest BCUT2D eigenvalue weighted by Crippen LogP contribution is -2.30. The molecule has 0 amide bonds. The van der Waals surface area contributed by atoms with Crippen LogP contribution in [0.2, 0.25) is 0 Å². The van der Waals surface area contributed by atoms with Crippen molar-refractivity contribution in [3.8, 4) is 0 Å². The summed E-state index contributed by atoms with van der Waals surface area (Å²) in [5.41, 5.74) is 0. The highest BCUT2D eigenvalue weighted by Gasteiger charge is 2.30. The molecule has 0 rings (SSSR count). The molecule has 0 aromatic heterocycles. The molecule has 19 heteroatoms. The minimum atomic E-state index is -4.94. The Morgan fingerprint density at radius 1 is 0.321 bits per heavy atom. The molecule has 0 heterocycles. The average molecular weight is 1240 g/mol. The number of ether oxygens (including phenoxy) is 4. The Labute approximate surface area is 511 Å². The summed E-state index contributed by atoms with van der Waals surface area (Å²) < 4.78 is 67.8. The molecule has 0 fully saturated rings. The number of rotatable bonds is 65. The summed E-state index contributed by atoms with van der Waals surface area (Å²) in [4.78, 5) is 72.0. The number of unbranched alkanes of at least 4 members (excludes halogenated alkanes) is 37. The molecule has 0 aromatic rings. The minimum absolute atomic E-state index is 0.105. The van der Waals surface area contributed by atoms with Gasteiger partial charge in [-0.3, -0.25) is 37.3 Å². The summed E-state index contributed by atoms with van der Waals surface area (Å²) in [7, 11) is -9.88. The SMILES string of the molecule is CCCCCCCCCCCCCCCCCCC(=O)O[C@H](COC(=O)CCCCCCCCCCCCCC(C)C)COP(=O)(O)OC[C@@H](O)COP(=O)(O)OC[C@@H](COC(=O)CCCCCCC)OC(=O)CCCCCCCCCCC. The smallest absolute Gasteiger partial charge is 0.462 e. The first kappa shape index (κ1) is 82.1. The molecule has 498 valence electrons. The van der Waals surface area contributed by atoms with E-state index < -0.39 is 97.5 Å². The van der Waals surface area contributed by atoms with Gasteiger partial charge in [0.1, 0.15) is 19.3 Å². The van der Waals surface area contributed by atoms with Gasteiger partial charge in [0.05, 0.1) is 26.4 Å². The van der Waals surface area contributed by atoms with Crippen molar-refractivity contribution in [1.82, 2.24) is 0 Å². The number of hydrogen-bond donors (Lipinski definition) is 3. The third-order valence-electron chi connectivity index (χ3n) is 15.0. The predicted molar refractivity (Wildman–Crippen MR) is 335 cm³/mol. The maximum absolute atomic E-state index is 13.0. The molecule has 0 radical (unpaired) electrons. The van der Waals surface area contributed by atoms with Crippen LogP contribution in [-0.2, 0) is 65.4 Å². The van der Waals surface area contributed by atoms with E-state index in [0.29, 0.717) is 25.7 Å². The Kier molecular flexibility index (Phi) is 57.4. The second kappa shape index (κ2) is 58.7. The van der Waals surface area contributed by atoms with E-state index >= 15 is 0 Å². The fraction of sp³-hybridized carbons (Fsp3) is 0.938. The van der Waals surface area contributed by atoms with Crippen LogP contribution < -0.4 is 0 Å². The third-order valence-corrected chi connectivity index (χ3v) is 16.9. The summed E-state index contributed by atoms with van der Waals surface area (Å²) in [6, 6.07) is 0. The Balaban J connectivity index is 5.16. The van der Waals surface area contributed by atoms with E-state index in [1.807, 2.05) is 0 Å². The molecule has 0 aliphatic heterocycles. The fourth-order valence-electron chi connectivity index (χ4n) is 9.76. The van der Waals surface area contributed by atoms with Gasteiger partial charge in [0, 0.05) is 25.7 Å². The zero-order valence-electron chi connectivity index (χ0n) is 54.0. The van der Waals surface area contributed by atoms with E-state index in [4.69, 9.17) is 37.0 Å². The molecule has 17 nitrogen and oxygen atoms in total. The number of carbonyl (C=O) groups excluding carboxylic acids is 4. The summed E-state index contributed by atoms with van der Waals surface area (Å²) in [5, 5.41) is 10.5. The van der Waals surface area contributed by atoms with Gasteiger partial charge >= 0.3 is 39.5 Å². The predicted octanol–water partition coefficient (Wildman–Crippen LogP) is 18.2. The van der Waals surface area contributed by atoms with E-state index in [1.54, 1.807) is 0 Å². The summed E-state index contributed by atoms with van der Waals surface area (Å²) >= 11 is 0. The van der Waals surface area contributed by atoms with Gasteiger partial charge in [-0.2, -0.15) is 0 Å². The molecule has 0 aliphatic rings. The molecule has 2 unspecified atom stereocenters. The molecule has 0 bridgehead atoms. The monoisotopic (exact) mass is 1240 g/mol. The Morgan fingerprint density at radius 2 is 0.548 bits per heavy atom. The van der Waals surface area contributed by atoms with E-state index in [9.17, 15) is 43.2 Å². The number of carbonyl (C=O) groups is 4. The highest BCUT2D eigenvalue weighted by atomic mass is 31.2. The lowest BCUT2D eigenvalue weighted by atomic mass is 10.0. The fourth-order valence-corrected chi connectivity index (χ4v) is 11.3. The van der Waals surface area contributed by atoms with Crippen molar-refractivity contribution < 1.29 is 80.2 Å². The maximum Gasteiger partial charge on any atom is 0.472 e. The normalized spacial score (nSPS) is 14.2. The van der Waals surface area contributed by atoms with Crippen LogP contribution in [0.5, 0.6) is 0 Å². The van der Waals surface area contributed by atoms with Crippen molar-refractivity contribution in [2.75, 3.05) is 39.6 Å². The van der Waals surface area contributed by atoms with Crippen LogP contribution in [0.4, 0.5) is 0 Å². The van der Waals surface area contributed by atoms with Crippen molar-refractivity contribution in [2.45, 2.75) is 348 Å². The van der Waals surface area contributed by atoms with Crippen LogP contribution in [0.15, 0.2) is 0 Å². The van der Waals surface area contributed by atoms with Gasteiger partial charge in [0.25, 0.3) is 0 Å². The molecule has 0 saturated heterocycles. The standard InChI is InChI=1S/C65H126O17P2/c1-6-9-12-15-17-19-20-21-22-23-24-27-32-36-41-46-51-65(70)82-61(55-76-63(68)49-44-39-34-31-28-25-26-30-33-38-42-47-58(4)5)57-80-84(73,74)78-53-59(66)52-77-83(71,72)79-56-60(54-75-62(67)48-43-37-14-11-8-3)81-64(69)50-45-40-35-29-18-16-13-10-7-2/h58-61,66H,6-57H2,1-5H3,(H,71,72)(H,73,74)/t59-,60+,61+/m0/s1. The van der Waals surface area contributed by atoms with E-state index in [-0.39, 0.29) is 25.7 Å². The van der Waals surface area contributed by atoms with Crippen molar-refractivity contribution in [3.63, 3.8) is 0 Å². The van der Waals surface area contributed by atoms with Gasteiger partial charge in [0.2, 0.25) is 0 Å². The van der Waals surface area contributed by atoms with Crippen LogP contribution in [0, 0.1) is 5.92 Å². The van der Waals surface area contributed by atoms with Crippen molar-refractivity contribution in [1.29, 1.82) is 0 Å². The Morgan fingerprint density at radius 3 is 0.810 bits per heavy atom. The number of hydrogen-bond acceptors (Lipinski definition) is 15. The van der Waals surface area contributed by atoms with Crippen molar-refractivity contribution >= 4 is 39.5 Å². The van der Waals surface area contributed by atoms with Crippen LogP contribution in [0.25, 0.3) is 0 Å². The first-order valence-electron chi connectivity index (χ1n) is 34.1. The number of aliphatic hydroxyl groups excluding tert-OH is 1. The second-order valence-corrected chi connectivity index (χ2v) is 26.9. The Bertz CT molecular complexity index is 1640. The van der Waals surface area contributed by atoms with E-state index in [2.05, 4.69) is 34.6 Å². The molecule has 0 saturated carbocycles. The molecular weight excluding hydrogens is 1110 g/mol. The highest BCUT2D eigenvalue weighted by molar-refractivity contribution is 7.47. The second-order valence-electron chi connectivity index (χ2n) is 24.0. The molecule has 0 spiro atoms. The first-order chi connectivity index (χ1) is 40.5. The van der Waals surface area contributed by atoms with Gasteiger partial charge in [0.15, 0.2) is 12.2 Å². The molecule has 84 heavy (non-hydrogen) atoms. The molecule has 3 N–H and O–H groups in total. The number of phosphoric ester groups is 2. The zero-order valence-corrected chi connectivity index (χ0v) is 55.8. The lowest BCUT2D eigenvalue weighted by Gasteiger charge is -2.21. The molecule has 0 aliphatic carbocycles. The van der Waals surface area contributed by atoms with Crippen molar-refractivity contribution in [3.05, 3.63) is 0 Å². The van der Waals surface area contributed by atoms with Crippen molar-refractivity contribution in [2.24, 2.45) is 5.92 Å². The quantitative estimate of drug-likeness (QED) is 0.0222. The van der Waals surface area contributed by atoms with E-state index in [0.717, 1.165) is 102 Å². The van der Waals surface area contributed by atoms with Gasteiger partial charge in [-0.15, -0.1) is 0 Å². The minimum Gasteiger partial charge on any atom is -0.462 e. The third kappa shape index (κ3) is 59.0. The zero-order chi connectivity index (χ0) is 62.0. The average Bonchev–Trinajstić information content (AvgIpc) is 3.54. The van der Waals surface area contributed by atoms with Crippen LogP contribution in [-0.4, -0.2) is 96.7 Å². The summed E-state index contributed by atoms with van der Waals surface area (Å²) in [6.45, 7) is 7.11. The molecule has 0 aromatic carbocycles. The topological polar surface area (TPSA) is 237 Å². The van der Waals surface area contributed by atoms with Gasteiger partial charge < -0.3 is 33.8 Å². The number of aliphatic hydroxyl groups is 1. The summed E-state index contributed by atoms with van der Waals surface area (Å²) in [5.74, 6) is -1.37. The van der Waals surface area contributed by atoms with Gasteiger partial charge in [-0.05, 0) is 31.6 Å². The van der Waals surface area contributed by atoms with Crippen LogP contribution >= 0.6 is 15.6 Å². The van der Waals surface area contributed by atoms with E-state index in [1.165, 1.54) is 148 Å².